The normalized spacial score (nSPS) is 16.9. The van der Waals surface area contributed by atoms with Gasteiger partial charge in [0.1, 0.15) is 11.6 Å². The van der Waals surface area contributed by atoms with Crippen LogP contribution in [0, 0.1) is 0 Å². The second kappa shape index (κ2) is 8.96. The van der Waals surface area contributed by atoms with E-state index in [1.807, 2.05) is 24.3 Å². The van der Waals surface area contributed by atoms with Gasteiger partial charge in [-0.05, 0) is 30.7 Å². The third-order valence-electron chi connectivity index (χ3n) is 5.17. The average molecular weight is 406 g/mol. The maximum absolute atomic E-state index is 6.44. The summed E-state index contributed by atoms with van der Waals surface area (Å²) < 4.78 is 10.8. The molecule has 1 aliphatic rings. The number of ether oxygens (including phenoxy) is 2. The van der Waals surface area contributed by atoms with Crippen molar-refractivity contribution in [1.29, 1.82) is 0 Å². The van der Waals surface area contributed by atoms with Crippen LogP contribution in [0.15, 0.2) is 42.7 Å². The average Bonchev–Trinajstić information content (AvgIpc) is 3.28. The Morgan fingerprint density at radius 2 is 2.27 bits per heavy atom. The Hall–Kier alpha value is -3.39. The van der Waals surface area contributed by atoms with Gasteiger partial charge in [-0.2, -0.15) is 5.10 Å². The Kier molecular flexibility index (Phi) is 5.94. The van der Waals surface area contributed by atoms with Crippen LogP contribution in [0.4, 0.5) is 11.6 Å². The summed E-state index contributed by atoms with van der Waals surface area (Å²) in [5, 5.41) is 6.95. The summed E-state index contributed by atoms with van der Waals surface area (Å²) in [6, 6.07) is 8.09. The summed E-state index contributed by atoms with van der Waals surface area (Å²) in [5.41, 5.74) is 10.3. The molecule has 0 amide bonds. The number of methoxy groups -OCH3 is 1. The molecule has 1 aliphatic heterocycles. The van der Waals surface area contributed by atoms with E-state index in [-0.39, 0.29) is 6.04 Å². The fourth-order valence-corrected chi connectivity index (χ4v) is 3.55. The zero-order valence-corrected chi connectivity index (χ0v) is 17.2. The van der Waals surface area contributed by atoms with Crippen LogP contribution >= 0.6 is 0 Å². The van der Waals surface area contributed by atoms with E-state index in [0.717, 1.165) is 41.2 Å². The van der Waals surface area contributed by atoms with E-state index in [1.165, 1.54) is 0 Å². The van der Waals surface area contributed by atoms with Gasteiger partial charge in [0.15, 0.2) is 0 Å². The van der Waals surface area contributed by atoms with Crippen LogP contribution in [0.3, 0.4) is 0 Å². The largest absolute Gasteiger partial charge is 0.481 e. The summed E-state index contributed by atoms with van der Waals surface area (Å²) in [5.74, 6) is 1.90. The first-order valence-corrected chi connectivity index (χ1v) is 9.96. The number of aromatic amines is 1. The molecule has 8 heteroatoms. The van der Waals surface area contributed by atoms with Crippen LogP contribution in [-0.2, 0) is 11.2 Å². The molecule has 3 N–H and O–H groups in total. The number of nitrogens with two attached hydrogens (primary N) is 1. The van der Waals surface area contributed by atoms with Gasteiger partial charge in [0, 0.05) is 48.2 Å². The van der Waals surface area contributed by atoms with Crippen molar-refractivity contribution >= 4 is 17.7 Å². The molecule has 1 unspecified atom stereocenters. The van der Waals surface area contributed by atoms with Crippen molar-refractivity contribution in [2.24, 2.45) is 0 Å². The number of hydrogen-bond donors (Lipinski definition) is 2. The maximum Gasteiger partial charge on any atom is 0.212 e. The number of allylic oxidation sites excluding steroid dienone is 1. The number of nitrogens with zero attached hydrogens (tertiary/aromatic N) is 4. The molecular formula is C22H26N6O2. The van der Waals surface area contributed by atoms with Gasteiger partial charge in [0.25, 0.3) is 0 Å². The molecule has 0 aliphatic carbocycles. The molecule has 1 atom stereocenters. The summed E-state index contributed by atoms with van der Waals surface area (Å²) in [6.45, 7) is 4.26. The number of nitrogens with one attached hydrogen (secondary N) is 1. The molecule has 1 saturated heterocycles. The van der Waals surface area contributed by atoms with E-state index in [2.05, 4.69) is 39.1 Å². The zero-order valence-electron chi connectivity index (χ0n) is 17.2. The molecule has 0 bridgehead atoms. The Morgan fingerprint density at radius 1 is 1.37 bits per heavy atom. The molecule has 1 fully saturated rings. The second-order valence-corrected chi connectivity index (χ2v) is 7.22. The van der Waals surface area contributed by atoms with Crippen LogP contribution < -0.4 is 15.4 Å². The number of rotatable bonds is 6. The zero-order chi connectivity index (χ0) is 20.9. The van der Waals surface area contributed by atoms with Crippen LogP contribution in [0.5, 0.6) is 5.88 Å². The summed E-state index contributed by atoms with van der Waals surface area (Å²) in [7, 11) is 1.61. The topological polar surface area (TPSA) is 102 Å². The minimum Gasteiger partial charge on any atom is -0.481 e. The predicted octanol–water partition coefficient (Wildman–Crippen LogP) is 2.94. The van der Waals surface area contributed by atoms with Gasteiger partial charge >= 0.3 is 0 Å². The number of morpholine rings is 1. The molecule has 8 nitrogen and oxygen atoms in total. The van der Waals surface area contributed by atoms with E-state index in [1.54, 1.807) is 19.5 Å². The van der Waals surface area contributed by atoms with Crippen molar-refractivity contribution in [2.45, 2.75) is 19.4 Å². The van der Waals surface area contributed by atoms with Crippen LogP contribution in [0.2, 0.25) is 0 Å². The molecule has 30 heavy (non-hydrogen) atoms. The third kappa shape index (κ3) is 4.28. The van der Waals surface area contributed by atoms with Gasteiger partial charge in [-0.25, -0.2) is 9.97 Å². The van der Waals surface area contributed by atoms with E-state index in [0.29, 0.717) is 24.9 Å². The van der Waals surface area contributed by atoms with Crippen molar-refractivity contribution in [3.8, 4) is 17.0 Å². The molecular weight excluding hydrogens is 380 g/mol. The second-order valence-electron chi connectivity index (χ2n) is 7.22. The lowest BCUT2D eigenvalue weighted by atomic mass is 10.0. The third-order valence-corrected chi connectivity index (χ3v) is 5.17. The molecule has 4 rings (SSSR count). The Morgan fingerprint density at radius 3 is 2.97 bits per heavy atom. The number of aromatic nitrogens is 4. The minimum absolute atomic E-state index is 0.231. The number of hydrogen-bond acceptors (Lipinski definition) is 7. The van der Waals surface area contributed by atoms with Gasteiger partial charge in [0.05, 0.1) is 26.4 Å². The fraction of sp³-hybridized carbons (Fsp3) is 0.318. The Bertz CT molecular complexity index is 1000. The number of pyridine rings is 2. The van der Waals surface area contributed by atoms with Crippen LogP contribution in [-0.4, -0.2) is 53.1 Å². The molecule has 156 valence electrons. The highest BCUT2D eigenvalue weighted by molar-refractivity contribution is 5.82. The highest BCUT2D eigenvalue weighted by Gasteiger charge is 2.22. The maximum atomic E-state index is 6.44. The van der Waals surface area contributed by atoms with Gasteiger partial charge in [-0.3, -0.25) is 5.10 Å². The summed E-state index contributed by atoms with van der Waals surface area (Å²) >= 11 is 0. The molecule has 0 radical (unpaired) electrons. The monoisotopic (exact) mass is 406 g/mol. The van der Waals surface area contributed by atoms with Crippen molar-refractivity contribution < 1.29 is 9.47 Å². The first kappa shape index (κ1) is 19.9. The van der Waals surface area contributed by atoms with Crippen molar-refractivity contribution in [3.05, 3.63) is 54.0 Å². The minimum atomic E-state index is 0.231. The molecule has 0 spiro atoms. The molecule has 3 aromatic rings. The first-order chi connectivity index (χ1) is 14.7. The first-order valence-electron chi connectivity index (χ1n) is 9.96. The van der Waals surface area contributed by atoms with Crippen molar-refractivity contribution in [1.82, 2.24) is 20.2 Å². The standard InChI is InChI=1S/C22H26N6O2/c1-15-14-30-11-10-28(15)20-12-19(16-6-7-21(29-2)24-13-16)18(22(23)26-20)5-3-4-17-8-9-25-27-17/h3,5-9,12-13,15H,4,10-11,14H2,1-2H3,(H2,23,26)(H,25,27)/b5-3-. The number of nitrogen functional groups attached to an aromatic ring is 1. The van der Waals surface area contributed by atoms with Crippen LogP contribution in [0.25, 0.3) is 17.2 Å². The number of anilines is 2. The number of H-pyrrole nitrogens is 1. The molecule has 0 saturated carbocycles. The van der Waals surface area contributed by atoms with Gasteiger partial charge in [-0.15, -0.1) is 0 Å². The Labute approximate surface area is 175 Å². The van der Waals surface area contributed by atoms with E-state index in [9.17, 15) is 0 Å². The predicted molar refractivity (Wildman–Crippen MR) is 117 cm³/mol. The fourth-order valence-electron chi connectivity index (χ4n) is 3.55. The smallest absolute Gasteiger partial charge is 0.212 e. The van der Waals surface area contributed by atoms with E-state index >= 15 is 0 Å². The van der Waals surface area contributed by atoms with Crippen LogP contribution in [0.1, 0.15) is 18.2 Å². The van der Waals surface area contributed by atoms with E-state index < -0.39 is 0 Å². The highest BCUT2D eigenvalue weighted by atomic mass is 16.5. The van der Waals surface area contributed by atoms with E-state index in [4.69, 9.17) is 20.2 Å². The van der Waals surface area contributed by atoms with Crippen molar-refractivity contribution in [2.75, 3.05) is 37.5 Å². The van der Waals surface area contributed by atoms with Gasteiger partial charge < -0.3 is 20.1 Å². The Balaban J connectivity index is 1.73. The highest BCUT2D eigenvalue weighted by Crippen LogP contribution is 2.33. The molecule has 0 aromatic carbocycles. The summed E-state index contributed by atoms with van der Waals surface area (Å²) in [6.07, 6.45) is 8.33. The lowest BCUT2D eigenvalue weighted by Gasteiger charge is -2.34. The quantitative estimate of drug-likeness (QED) is 0.649. The lowest BCUT2D eigenvalue weighted by Crippen LogP contribution is -2.44. The lowest BCUT2D eigenvalue weighted by molar-refractivity contribution is 0.0985. The molecule has 3 aromatic heterocycles. The molecule has 4 heterocycles. The van der Waals surface area contributed by atoms with Gasteiger partial charge in [0.2, 0.25) is 5.88 Å². The van der Waals surface area contributed by atoms with Crippen molar-refractivity contribution in [3.63, 3.8) is 0 Å². The van der Waals surface area contributed by atoms with Gasteiger partial charge in [-0.1, -0.05) is 12.2 Å². The SMILES string of the molecule is COc1ccc(-c2cc(N3CCOCC3C)nc(N)c2/C=C\Cc2ccn[nH]2)cn1. The summed E-state index contributed by atoms with van der Waals surface area (Å²) in [4.78, 5) is 11.3.